The van der Waals surface area contributed by atoms with E-state index < -0.39 is 5.97 Å². The number of aryl methyl sites for hydroxylation is 1. The molecule has 6 nitrogen and oxygen atoms in total. The van der Waals surface area contributed by atoms with Crippen LogP contribution in [0.4, 0.5) is 0 Å². The number of aliphatic carboxylic acids is 1. The van der Waals surface area contributed by atoms with Gasteiger partial charge in [-0.2, -0.15) is 15.4 Å². The molecule has 0 radical (unpaired) electrons. The third-order valence-corrected chi connectivity index (χ3v) is 1.79. The van der Waals surface area contributed by atoms with Gasteiger partial charge in [0.2, 0.25) is 0 Å². The van der Waals surface area contributed by atoms with Crippen LogP contribution in [-0.2, 0) is 16.0 Å². The molecule has 0 aliphatic carbocycles. The van der Waals surface area contributed by atoms with Gasteiger partial charge < -0.3 is 9.84 Å². The topological polar surface area (TPSA) is 88.1 Å². The van der Waals surface area contributed by atoms with E-state index in [9.17, 15) is 4.79 Å². The molecule has 1 heterocycles. The normalized spacial score (nSPS) is 12.7. The van der Waals surface area contributed by atoms with Crippen LogP contribution in [0.2, 0.25) is 0 Å². The number of H-pyrrole nitrogens is 1. The molecule has 1 rings (SSSR count). The lowest BCUT2D eigenvalue weighted by atomic mass is 10.2. The SMILES string of the molecule is Cc1n[nH]nc1C[C@H](C)OCC(=O)O. The predicted molar refractivity (Wildman–Crippen MR) is 47.9 cm³/mol. The summed E-state index contributed by atoms with van der Waals surface area (Å²) >= 11 is 0. The molecule has 0 fully saturated rings. The van der Waals surface area contributed by atoms with Gasteiger partial charge in [-0.1, -0.05) is 0 Å². The molecule has 78 valence electrons. The Hall–Kier alpha value is -1.43. The van der Waals surface area contributed by atoms with E-state index in [1.165, 1.54) is 0 Å². The Morgan fingerprint density at radius 3 is 2.86 bits per heavy atom. The van der Waals surface area contributed by atoms with Crippen LogP contribution in [0.25, 0.3) is 0 Å². The highest BCUT2D eigenvalue weighted by atomic mass is 16.5. The molecule has 1 atom stereocenters. The van der Waals surface area contributed by atoms with E-state index in [2.05, 4.69) is 15.4 Å². The molecule has 0 aromatic carbocycles. The highest BCUT2D eigenvalue weighted by molar-refractivity contribution is 5.68. The third kappa shape index (κ3) is 3.14. The molecule has 0 unspecified atom stereocenters. The van der Waals surface area contributed by atoms with Crippen LogP contribution in [0.1, 0.15) is 18.3 Å². The number of nitrogens with one attached hydrogen (secondary N) is 1. The number of aromatic nitrogens is 3. The van der Waals surface area contributed by atoms with Gasteiger partial charge in [0.05, 0.1) is 17.5 Å². The van der Waals surface area contributed by atoms with Crippen molar-refractivity contribution in [1.82, 2.24) is 15.4 Å². The van der Waals surface area contributed by atoms with Crippen molar-refractivity contribution < 1.29 is 14.6 Å². The number of carboxylic acids is 1. The molecular weight excluding hydrogens is 186 g/mol. The van der Waals surface area contributed by atoms with Crippen LogP contribution in [0.15, 0.2) is 0 Å². The van der Waals surface area contributed by atoms with Crippen LogP contribution < -0.4 is 0 Å². The lowest BCUT2D eigenvalue weighted by Gasteiger charge is -2.09. The third-order valence-electron chi connectivity index (χ3n) is 1.79. The molecule has 0 bridgehead atoms. The quantitative estimate of drug-likeness (QED) is 0.704. The van der Waals surface area contributed by atoms with Crippen LogP contribution in [0.3, 0.4) is 0 Å². The number of nitrogens with zero attached hydrogens (tertiary/aromatic N) is 2. The molecule has 0 aliphatic rings. The smallest absolute Gasteiger partial charge is 0.329 e. The van der Waals surface area contributed by atoms with Crippen LogP contribution in [0.5, 0.6) is 0 Å². The molecule has 0 amide bonds. The maximum absolute atomic E-state index is 10.2. The van der Waals surface area contributed by atoms with E-state index in [-0.39, 0.29) is 12.7 Å². The number of aromatic amines is 1. The number of ether oxygens (including phenoxy) is 1. The molecule has 0 spiro atoms. The van der Waals surface area contributed by atoms with Crippen molar-refractivity contribution in [3.63, 3.8) is 0 Å². The molecule has 0 aliphatic heterocycles. The minimum Gasteiger partial charge on any atom is -0.480 e. The Labute approximate surface area is 81.3 Å². The van der Waals surface area contributed by atoms with E-state index in [4.69, 9.17) is 9.84 Å². The zero-order valence-corrected chi connectivity index (χ0v) is 8.15. The standard InChI is InChI=1S/C8H13N3O3/c1-5(14-4-8(12)13)3-7-6(2)9-11-10-7/h5H,3-4H2,1-2H3,(H,12,13)(H,9,10,11)/t5-/m0/s1. The monoisotopic (exact) mass is 199 g/mol. The van der Waals surface area contributed by atoms with Gasteiger partial charge in [-0.25, -0.2) is 4.79 Å². The fourth-order valence-electron chi connectivity index (χ4n) is 1.04. The van der Waals surface area contributed by atoms with Crippen molar-refractivity contribution in [3.8, 4) is 0 Å². The van der Waals surface area contributed by atoms with Gasteiger partial charge in [0.15, 0.2) is 0 Å². The summed E-state index contributed by atoms with van der Waals surface area (Å²) in [5.74, 6) is -0.964. The zero-order valence-electron chi connectivity index (χ0n) is 8.15. The molecule has 1 aromatic heterocycles. The summed E-state index contributed by atoms with van der Waals surface area (Å²) < 4.78 is 5.05. The van der Waals surface area contributed by atoms with Gasteiger partial charge in [0, 0.05) is 6.42 Å². The van der Waals surface area contributed by atoms with Gasteiger partial charge in [-0.3, -0.25) is 0 Å². The highest BCUT2D eigenvalue weighted by Crippen LogP contribution is 2.05. The second-order valence-electron chi connectivity index (χ2n) is 3.08. The first-order chi connectivity index (χ1) is 6.59. The largest absolute Gasteiger partial charge is 0.480 e. The summed E-state index contributed by atoms with van der Waals surface area (Å²) in [5, 5.41) is 18.7. The Bertz CT molecular complexity index is 311. The van der Waals surface area contributed by atoms with Crippen molar-refractivity contribution in [3.05, 3.63) is 11.4 Å². The Morgan fingerprint density at radius 2 is 2.36 bits per heavy atom. The predicted octanol–water partition coefficient (Wildman–Crippen LogP) is 0.145. The number of rotatable bonds is 5. The summed E-state index contributed by atoms with van der Waals surface area (Å²) in [5.41, 5.74) is 1.62. The number of hydrogen-bond donors (Lipinski definition) is 2. The van der Waals surface area contributed by atoms with Crippen molar-refractivity contribution in [1.29, 1.82) is 0 Å². The number of carboxylic acid groups (broad SMARTS) is 1. The molecule has 0 saturated heterocycles. The number of carbonyl (C=O) groups is 1. The Balaban J connectivity index is 2.37. The van der Waals surface area contributed by atoms with E-state index >= 15 is 0 Å². The van der Waals surface area contributed by atoms with Gasteiger partial charge in [0.1, 0.15) is 6.61 Å². The van der Waals surface area contributed by atoms with Gasteiger partial charge in [0.25, 0.3) is 0 Å². The Morgan fingerprint density at radius 1 is 1.64 bits per heavy atom. The average molecular weight is 199 g/mol. The number of hydrogen-bond acceptors (Lipinski definition) is 4. The zero-order chi connectivity index (χ0) is 10.6. The van der Waals surface area contributed by atoms with Crippen molar-refractivity contribution in [2.24, 2.45) is 0 Å². The van der Waals surface area contributed by atoms with Crippen LogP contribution in [-0.4, -0.2) is 39.2 Å². The van der Waals surface area contributed by atoms with E-state index in [1.807, 2.05) is 6.92 Å². The van der Waals surface area contributed by atoms with Gasteiger partial charge in [-0.05, 0) is 13.8 Å². The van der Waals surface area contributed by atoms with E-state index in [1.54, 1.807) is 6.92 Å². The second-order valence-corrected chi connectivity index (χ2v) is 3.08. The van der Waals surface area contributed by atoms with Crippen LogP contribution >= 0.6 is 0 Å². The minimum atomic E-state index is -0.964. The van der Waals surface area contributed by atoms with Crippen molar-refractivity contribution in [2.75, 3.05) is 6.61 Å². The first kappa shape index (κ1) is 10.6. The fourth-order valence-corrected chi connectivity index (χ4v) is 1.04. The summed E-state index contributed by atoms with van der Waals surface area (Å²) in [4.78, 5) is 10.2. The molecule has 14 heavy (non-hydrogen) atoms. The first-order valence-corrected chi connectivity index (χ1v) is 4.29. The average Bonchev–Trinajstić information content (AvgIpc) is 2.49. The maximum atomic E-state index is 10.2. The van der Waals surface area contributed by atoms with Crippen molar-refractivity contribution in [2.45, 2.75) is 26.4 Å². The lowest BCUT2D eigenvalue weighted by Crippen LogP contribution is -2.17. The summed E-state index contributed by atoms with van der Waals surface area (Å²) in [7, 11) is 0. The maximum Gasteiger partial charge on any atom is 0.329 e. The highest BCUT2D eigenvalue weighted by Gasteiger charge is 2.10. The molecule has 2 N–H and O–H groups in total. The fraction of sp³-hybridized carbons (Fsp3) is 0.625. The van der Waals surface area contributed by atoms with Gasteiger partial charge in [-0.15, -0.1) is 0 Å². The lowest BCUT2D eigenvalue weighted by molar-refractivity contribution is -0.144. The van der Waals surface area contributed by atoms with E-state index in [0.717, 1.165) is 11.4 Å². The molecule has 1 aromatic rings. The van der Waals surface area contributed by atoms with Crippen molar-refractivity contribution >= 4 is 5.97 Å². The second kappa shape index (κ2) is 4.71. The molecule has 0 saturated carbocycles. The summed E-state index contributed by atoms with van der Waals surface area (Å²) in [6.45, 7) is 3.36. The summed E-state index contributed by atoms with van der Waals surface area (Å²) in [6.07, 6.45) is 0.394. The van der Waals surface area contributed by atoms with Gasteiger partial charge >= 0.3 is 5.97 Å². The molecular formula is C8H13N3O3. The summed E-state index contributed by atoms with van der Waals surface area (Å²) in [6, 6.07) is 0. The molecule has 6 heteroatoms. The van der Waals surface area contributed by atoms with Crippen LogP contribution in [0, 0.1) is 6.92 Å². The minimum absolute atomic E-state index is 0.171. The Kier molecular flexibility index (Phi) is 3.58. The van der Waals surface area contributed by atoms with E-state index in [0.29, 0.717) is 6.42 Å². The first-order valence-electron chi connectivity index (χ1n) is 4.29.